The smallest absolute Gasteiger partial charge is 0.261 e. The van der Waals surface area contributed by atoms with Crippen LogP contribution in [0.4, 0.5) is 15.9 Å². The molecule has 1 N–H and O–H groups in total. The molecular weight excluding hydrogens is 375 g/mol. The predicted molar refractivity (Wildman–Crippen MR) is 104 cm³/mol. The third kappa shape index (κ3) is 4.43. The number of nitrogens with zero attached hydrogens (tertiary/aromatic N) is 3. The molecule has 0 unspecified atom stereocenters. The summed E-state index contributed by atoms with van der Waals surface area (Å²) in [5.41, 5.74) is 2.23. The van der Waals surface area contributed by atoms with E-state index in [0.29, 0.717) is 36.2 Å². The van der Waals surface area contributed by atoms with Gasteiger partial charge in [-0.05, 0) is 35.9 Å². The lowest BCUT2D eigenvalue weighted by molar-refractivity contribution is -0.133. The van der Waals surface area contributed by atoms with Gasteiger partial charge in [0.2, 0.25) is 5.88 Å². The summed E-state index contributed by atoms with van der Waals surface area (Å²) >= 11 is 0. The Labute approximate surface area is 167 Å². The highest BCUT2D eigenvalue weighted by molar-refractivity contribution is 5.78. The number of rotatable bonds is 5. The topological polar surface area (TPSA) is 76.6 Å². The molecule has 0 saturated carbocycles. The van der Waals surface area contributed by atoms with E-state index in [-0.39, 0.29) is 18.3 Å². The van der Waals surface area contributed by atoms with Crippen molar-refractivity contribution in [1.82, 2.24) is 14.9 Å². The predicted octanol–water partition coefficient (Wildman–Crippen LogP) is 3.29. The molecule has 1 aromatic carbocycles. The van der Waals surface area contributed by atoms with Crippen LogP contribution in [0, 0.1) is 5.82 Å². The number of carbonyl (C=O) groups is 1. The summed E-state index contributed by atoms with van der Waals surface area (Å²) in [4.78, 5) is 22.9. The van der Waals surface area contributed by atoms with E-state index in [9.17, 15) is 9.18 Å². The Kier molecular flexibility index (Phi) is 5.24. The average molecular weight is 394 g/mol. The first-order chi connectivity index (χ1) is 14.1. The Hall–Kier alpha value is -3.68. The van der Waals surface area contributed by atoms with Crippen molar-refractivity contribution < 1.29 is 18.7 Å². The molecular formula is C21H19FN4O3. The van der Waals surface area contributed by atoms with Gasteiger partial charge in [-0.1, -0.05) is 12.1 Å². The summed E-state index contributed by atoms with van der Waals surface area (Å²) in [5.74, 6) is 1.23. The molecule has 29 heavy (non-hydrogen) atoms. The van der Waals surface area contributed by atoms with Crippen LogP contribution in [0.5, 0.6) is 11.6 Å². The van der Waals surface area contributed by atoms with Crippen molar-refractivity contribution in [2.24, 2.45) is 0 Å². The van der Waals surface area contributed by atoms with Crippen molar-refractivity contribution in [2.75, 3.05) is 19.0 Å². The van der Waals surface area contributed by atoms with Gasteiger partial charge in [0.15, 0.2) is 6.61 Å². The van der Waals surface area contributed by atoms with Gasteiger partial charge in [-0.25, -0.2) is 14.4 Å². The number of carbonyl (C=O) groups excluding carboxylic acids is 1. The Morgan fingerprint density at radius 1 is 1.17 bits per heavy atom. The summed E-state index contributed by atoms with van der Waals surface area (Å²) in [6.45, 7) is 0.580. The SMILES string of the molecule is COc1ccc(Nc2ccc3c(n2)CN(Cc2ccc(F)cc2)C(=O)CO3)cn1. The number of methoxy groups -OCH3 is 1. The van der Waals surface area contributed by atoms with E-state index in [2.05, 4.69) is 15.3 Å². The summed E-state index contributed by atoms with van der Waals surface area (Å²) in [6, 6.07) is 13.2. The third-order valence-electron chi connectivity index (χ3n) is 4.48. The van der Waals surface area contributed by atoms with Gasteiger partial charge in [0, 0.05) is 12.6 Å². The zero-order valence-electron chi connectivity index (χ0n) is 15.8. The van der Waals surface area contributed by atoms with Gasteiger partial charge >= 0.3 is 0 Å². The van der Waals surface area contributed by atoms with Gasteiger partial charge in [0.1, 0.15) is 23.1 Å². The number of halogens is 1. The zero-order valence-corrected chi connectivity index (χ0v) is 15.8. The molecule has 1 aliphatic heterocycles. The molecule has 0 atom stereocenters. The van der Waals surface area contributed by atoms with Gasteiger partial charge in [0.05, 0.1) is 25.5 Å². The molecule has 0 fully saturated rings. The quantitative estimate of drug-likeness (QED) is 0.716. The third-order valence-corrected chi connectivity index (χ3v) is 4.48. The Bertz CT molecular complexity index is 1010. The highest BCUT2D eigenvalue weighted by Gasteiger charge is 2.23. The lowest BCUT2D eigenvalue weighted by Gasteiger charge is -2.20. The second kappa shape index (κ2) is 8.14. The summed E-state index contributed by atoms with van der Waals surface area (Å²) in [6.07, 6.45) is 1.65. The van der Waals surface area contributed by atoms with Crippen LogP contribution in [0.15, 0.2) is 54.7 Å². The molecule has 148 valence electrons. The Morgan fingerprint density at radius 3 is 2.72 bits per heavy atom. The molecule has 0 saturated heterocycles. The maximum atomic E-state index is 13.1. The minimum absolute atomic E-state index is 0.0644. The summed E-state index contributed by atoms with van der Waals surface area (Å²) in [5, 5.41) is 3.18. The van der Waals surface area contributed by atoms with E-state index < -0.39 is 0 Å². The molecule has 0 aliphatic carbocycles. The number of anilines is 2. The number of amides is 1. The maximum absolute atomic E-state index is 13.1. The number of hydrogen-bond donors (Lipinski definition) is 1. The number of nitrogens with one attached hydrogen (secondary N) is 1. The molecule has 1 amide bonds. The fourth-order valence-electron chi connectivity index (χ4n) is 2.98. The molecule has 0 radical (unpaired) electrons. The molecule has 2 aromatic heterocycles. The van der Waals surface area contributed by atoms with E-state index in [1.807, 2.05) is 6.07 Å². The van der Waals surface area contributed by atoms with Crippen LogP contribution in [0.2, 0.25) is 0 Å². The van der Waals surface area contributed by atoms with E-state index in [1.54, 1.807) is 48.5 Å². The summed E-state index contributed by atoms with van der Waals surface area (Å²) < 4.78 is 23.8. The minimum Gasteiger partial charge on any atom is -0.482 e. The molecule has 4 rings (SSSR count). The van der Waals surface area contributed by atoms with Crippen molar-refractivity contribution >= 4 is 17.4 Å². The monoisotopic (exact) mass is 394 g/mol. The number of benzene rings is 1. The zero-order chi connectivity index (χ0) is 20.2. The first-order valence-corrected chi connectivity index (χ1v) is 9.03. The molecule has 3 aromatic rings. The first kappa shape index (κ1) is 18.7. The van der Waals surface area contributed by atoms with Crippen molar-refractivity contribution in [2.45, 2.75) is 13.1 Å². The fourth-order valence-corrected chi connectivity index (χ4v) is 2.98. The van der Waals surface area contributed by atoms with Gasteiger partial charge < -0.3 is 19.7 Å². The maximum Gasteiger partial charge on any atom is 0.261 e. The van der Waals surface area contributed by atoms with Crippen molar-refractivity contribution in [1.29, 1.82) is 0 Å². The normalized spacial score (nSPS) is 13.3. The minimum atomic E-state index is -0.310. The first-order valence-electron chi connectivity index (χ1n) is 9.03. The fraction of sp³-hybridized carbons (Fsp3) is 0.190. The van der Waals surface area contributed by atoms with Crippen molar-refractivity contribution in [3.8, 4) is 11.6 Å². The van der Waals surface area contributed by atoms with Crippen LogP contribution >= 0.6 is 0 Å². The Morgan fingerprint density at radius 2 is 2.00 bits per heavy atom. The van der Waals surface area contributed by atoms with Gasteiger partial charge in [-0.2, -0.15) is 0 Å². The average Bonchev–Trinajstić information content (AvgIpc) is 2.89. The molecule has 7 nitrogen and oxygen atoms in total. The van der Waals surface area contributed by atoms with Crippen LogP contribution in [0.1, 0.15) is 11.3 Å². The highest BCUT2D eigenvalue weighted by atomic mass is 19.1. The molecule has 0 bridgehead atoms. The Balaban J connectivity index is 1.53. The number of aromatic nitrogens is 2. The van der Waals surface area contributed by atoms with Gasteiger partial charge in [-0.15, -0.1) is 0 Å². The van der Waals surface area contributed by atoms with Gasteiger partial charge in [0.25, 0.3) is 5.91 Å². The van der Waals surface area contributed by atoms with Crippen LogP contribution in [0.3, 0.4) is 0 Å². The molecule has 0 spiro atoms. The highest BCUT2D eigenvalue weighted by Crippen LogP contribution is 2.26. The van der Waals surface area contributed by atoms with E-state index in [4.69, 9.17) is 9.47 Å². The lowest BCUT2D eigenvalue weighted by Crippen LogP contribution is -2.32. The van der Waals surface area contributed by atoms with Crippen molar-refractivity contribution in [3.63, 3.8) is 0 Å². The van der Waals surface area contributed by atoms with Crippen molar-refractivity contribution in [3.05, 3.63) is 71.8 Å². The molecule has 3 heterocycles. The number of fused-ring (bicyclic) bond motifs is 1. The number of ether oxygens (including phenoxy) is 2. The summed E-state index contributed by atoms with van der Waals surface area (Å²) in [7, 11) is 1.56. The lowest BCUT2D eigenvalue weighted by atomic mass is 10.2. The standard InChI is InChI=1S/C21H19FN4O3/c1-28-20-9-6-16(10-23-20)24-19-8-7-18-17(25-19)12-26(21(27)13-29-18)11-14-2-4-15(22)5-3-14/h2-10H,11-13H2,1H3,(H,24,25). The van der Waals surface area contributed by atoms with Crippen LogP contribution in [-0.2, 0) is 17.9 Å². The second-order valence-corrected chi connectivity index (χ2v) is 6.52. The van der Waals surface area contributed by atoms with E-state index >= 15 is 0 Å². The number of pyridine rings is 2. The molecule has 1 aliphatic rings. The van der Waals surface area contributed by atoms with Gasteiger partial charge in [-0.3, -0.25) is 4.79 Å². The number of hydrogen-bond acceptors (Lipinski definition) is 6. The largest absolute Gasteiger partial charge is 0.482 e. The van der Waals surface area contributed by atoms with Crippen LogP contribution < -0.4 is 14.8 Å². The molecule has 8 heteroatoms. The second-order valence-electron chi connectivity index (χ2n) is 6.52. The van der Waals surface area contributed by atoms with Crippen LogP contribution in [-0.4, -0.2) is 34.5 Å². The van der Waals surface area contributed by atoms with E-state index in [0.717, 1.165) is 11.3 Å². The van der Waals surface area contributed by atoms with E-state index in [1.165, 1.54) is 12.1 Å². The van der Waals surface area contributed by atoms with Crippen LogP contribution in [0.25, 0.3) is 0 Å².